The van der Waals surface area contributed by atoms with Crippen molar-refractivity contribution >= 4 is 0 Å². The van der Waals surface area contributed by atoms with Crippen LogP contribution in [-0.2, 0) is 37.9 Å². The Morgan fingerprint density at radius 2 is 0.704 bits per heavy atom. The summed E-state index contributed by atoms with van der Waals surface area (Å²) in [5.74, 6) is 0. The molecule has 0 fully saturated rings. The summed E-state index contributed by atoms with van der Waals surface area (Å²) in [5.41, 5.74) is 0. The van der Waals surface area contributed by atoms with Crippen molar-refractivity contribution in [3.05, 3.63) is 0 Å². The second-order valence-corrected chi connectivity index (χ2v) is 5.36. The van der Waals surface area contributed by atoms with Crippen LogP contribution in [0, 0.1) is 0 Å². The van der Waals surface area contributed by atoms with Crippen LogP contribution in [0.15, 0.2) is 0 Å². The van der Waals surface area contributed by atoms with Gasteiger partial charge in [0, 0.05) is 20.3 Å². The average molecular weight is 398 g/mol. The standard InChI is InChI=1S/C18H38O9/c1-20-7-8-24-13-14-26-17-18-27-16-15-25-12-10-22-5-2-4-21-9-11-23-6-3-19/h19H,2-18H2,1H3. The molecule has 0 aromatic rings. The molecule has 0 atom stereocenters. The summed E-state index contributed by atoms with van der Waals surface area (Å²) in [6.45, 7) is 8.33. The topological polar surface area (TPSA) is 94.1 Å². The molecule has 0 bridgehead atoms. The Balaban J connectivity index is 2.95. The van der Waals surface area contributed by atoms with Crippen LogP contribution in [0.1, 0.15) is 6.42 Å². The van der Waals surface area contributed by atoms with E-state index >= 15 is 0 Å². The predicted molar refractivity (Wildman–Crippen MR) is 99.3 cm³/mol. The lowest BCUT2D eigenvalue weighted by molar-refractivity contribution is -0.0163. The Hall–Kier alpha value is -0.360. The van der Waals surface area contributed by atoms with E-state index in [-0.39, 0.29) is 6.61 Å². The second kappa shape index (κ2) is 25.6. The Morgan fingerprint density at radius 1 is 0.407 bits per heavy atom. The van der Waals surface area contributed by atoms with E-state index in [0.29, 0.717) is 99.1 Å². The summed E-state index contributed by atoms with van der Waals surface area (Å²) in [7, 11) is 1.65. The zero-order valence-electron chi connectivity index (χ0n) is 16.7. The van der Waals surface area contributed by atoms with Crippen molar-refractivity contribution in [2.75, 3.05) is 113 Å². The van der Waals surface area contributed by atoms with Crippen molar-refractivity contribution in [3.8, 4) is 0 Å². The van der Waals surface area contributed by atoms with E-state index in [1.807, 2.05) is 0 Å². The average Bonchev–Trinajstić information content (AvgIpc) is 2.68. The van der Waals surface area contributed by atoms with Gasteiger partial charge in [0.25, 0.3) is 0 Å². The van der Waals surface area contributed by atoms with Crippen molar-refractivity contribution < 1.29 is 43.0 Å². The molecule has 0 saturated heterocycles. The maximum atomic E-state index is 8.53. The first-order chi connectivity index (χ1) is 13.4. The van der Waals surface area contributed by atoms with E-state index in [9.17, 15) is 0 Å². The van der Waals surface area contributed by atoms with Gasteiger partial charge in [0.05, 0.1) is 92.5 Å². The molecule has 0 aliphatic rings. The van der Waals surface area contributed by atoms with Crippen LogP contribution in [0.3, 0.4) is 0 Å². The fraction of sp³-hybridized carbons (Fsp3) is 1.00. The quantitative estimate of drug-likeness (QED) is 0.228. The lowest BCUT2D eigenvalue weighted by Gasteiger charge is -2.08. The van der Waals surface area contributed by atoms with Gasteiger partial charge < -0.3 is 43.0 Å². The van der Waals surface area contributed by atoms with Gasteiger partial charge in [-0.25, -0.2) is 0 Å². The SMILES string of the molecule is COCCOCCOCCOCCOCCOCCCOCCOCCO. The number of ether oxygens (including phenoxy) is 8. The van der Waals surface area contributed by atoms with Gasteiger partial charge in [0.1, 0.15) is 0 Å². The van der Waals surface area contributed by atoms with E-state index in [1.165, 1.54) is 0 Å². The molecule has 164 valence electrons. The monoisotopic (exact) mass is 398 g/mol. The molecule has 0 aliphatic carbocycles. The highest BCUT2D eigenvalue weighted by Crippen LogP contribution is 1.88. The third kappa shape index (κ3) is 25.6. The first-order valence-electron chi connectivity index (χ1n) is 9.55. The molecule has 0 spiro atoms. The summed E-state index contributed by atoms with van der Waals surface area (Å²) < 4.78 is 42.2. The summed E-state index contributed by atoms with van der Waals surface area (Å²) in [6, 6.07) is 0. The van der Waals surface area contributed by atoms with Crippen molar-refractivity contribution in [1.82, 2.24) is 0 Å². The highest BCUT2D eigenvalue weighted by molar-refractivity contribution is 4.38. The van der Waals surface area contributed by atoms with Gasteiger partial charge in [0.15, 0.2) is 0 Å². The Labute approximate surface area is 163 Å². The molecule has 0 rings (SSSR count). The minimum Gasteiger partial charge on any atom is -0.394 e. The number of hydrogen-bond acceptors (Lipinski definition) is 9. The highest BCUT2D eigenvalue weighted by atomic mass is 16.6. The molecule has 9 heteroatoms. The zero-order valence-corrected chi connectivity index (χ0v) is 16.7. The van der Waals surface area contributed by atoms with Gasteiger partial charge in [-0.1, -0.05) is 0 Å². The third-order valence-corrected chi connectivity index (χ3v) is 3.10. The third-order valence-electron chi connectivity index (χ3n) is 3.10. The Bertz CT molecular complexity index is 233. The number of rotatable bonds is 24. The van der Waals surface area contributed by atoms with Crippen LogP contribution < -0.4 is 0 Å². The number of aliphatic hydroxyl groups excluding tert-OH is 1. The molecule has 9 nitrogen and oxygen atoms in total. The molecule has 0 aromatic heterocycles. The number of methoxy groups -OCH3 is 1. The van der Waals surface area contributed by atoms with E-state index in [4.69, 9.17) is 43.0 Å². The van der Waals surface area contributed by atoms with Crippen LogP contribution in [0.25, 0.3) is 0 Å². The van der Waals surface area contributed by atoms with Crippen molar-refractivity contribution in [3.63, 3.8) is 0 Å². The summed E-state index contributed by atoms with van der Waals surface area (Å²) >= 11 is 0. The minimum atomic E-state index is 0.0440. The minimum absolute atomic E-state index is 0.0440. The molecule has 0 saturated carbocycles. The normalized spacial score (nSPS) is 11.3. The van der Waals surface area contributed by atoms with Crippen LogP contribution >= 0.6 is 0 Å². The summed E-state index contributed by atoms with van der Waals surface area (Å²) in [6.07, 6.45) is 0.834. The van der Waals surface area contributed by atoms with Crippen molar-refractivity contribution in [2.24, 2.45) is 0 Å². The molecule has 0 unspecified atom stereocenters. The fourth-order valence-electron chi connectivity index (χ4n) is 1.77. The zero-order chi connectivity index (χ0) is 19.7. The van der Waals surface area contributed by atoms with Gasteiger partial charge in [-0.15, -0.1) is 0 Å². The van der Waals surface area contributed by atoms with Crippen LogP contribution in [0.2, 0.25) is 0 Å². The van der Waals surface area contributed by atoms with Crippen LogP contribution in [0.5, 0.6) is 0 Å². The van der Waals surface area contributed by atoms with Gasteiger partial charge >= 0.3 is 0 Å². The van der Waals surface area contributed by atoms with Crippen molar-refractivity contribution in [1.29, 1.82) is 0 Å². The van der Waals surface area contributed by atoms with E-state index in [0.717, 1.165) is 6.42 Å². The molecule has 1 N–H and O–H groups in total. The highest BCUT2D eigenvalue weighted by Gasteiger charge is 1.94. The number of aliphatic hydroxyl groups is 1. The molecule has 0 radical (unpaired) electrons. The maximum absolute atomic E-state index is 8.53. The second-order valence-electron chi connectivity index (χ2n) is 5.36. The lowest BCUT2D eigenvalue weighted by atomic mass is 10.5. The van der Waals surface area contributed by atoms with E-state index in [2.05, 4.69) is 0 Å². The molecule has 0 aromatic carbocycles. The molecule has 0 amide bonds. The van der Waals surface area contributed by atoms with Gasteiger partial charge in [-0.05, 0) is 6.42 Å². The molecule has 27 heavy (non-hydrogen) atoms. The summed E-state index contributed by atoms with van der Waals surface area (Å²) in [5, 5.41) is 8.53. The molecule has 0 aliphatic heterocycles. The van der Waals surface area contributed by atoms with E-state index < -0.39 is 0 Å². The summed E-state index contributed by atoms with van der Waals surface area (Å²) in [4.78, 5) is 0. The molecule has 0 heterocycles. The van der Waals surface area contributed by atoms with Crippen LogP contribution in [0.4, 0.5) is 0 Å². The van der Waals surface area contributed by atoms with Gasteiger partial charge in [-0.2, -0.15) is 0 Å². The van der Waals surface area contributed by atoms with Gasteiger partial charge in [0.2, 0.25) is 0 Å². The van der Waals surface area contributed by atoms with Crippen molar-refractivity contribution in [2.45, 2.75) is 6.42 Å². The maximum Gasteiger partial charge on any atom is 0.0701 e. The molecular formula is C18H38O9. The largest absolute Gasteiger partial charge is 0.394 e. The van der Waals surface area contributed by atoms with Gasteiger partial charge in [-0.3, -0.25) is 0 Å². The lowest BCUT2D eigenvalue weighted by Crippen LogP contribution is -2.14. The Kier molecular flexibility index (Phi) is 25.3. The smallest absolute Gasteiger partial charge is 0.0701 e. The first-order valence-corrected chi connectivity index (χ1v) is 9.55. The first kappa shape index (κ1) is 26.6. The molecular weight excluding hydrogens is 360 g/mol. The predicted octanol–water partition coefficient (Wildman–Crippen LogP) is 0.131. The number of hydrogen-bond donors (Lipinski definition) is 1. The Morgan fingerprint density at radius 3 is 1.04 bits per heavy atom. The van der Waals surface area contributed by atoms with E-state index in [1.54, 1.807) is 7.11 Å². The van der Waals surface area contributed by atoms with Crippen LogP contribution in [-0.4, -0.2) is 118 Å². The fourth-order valence-corrected chi connectivity index (χ4v) is 1.77.